The first-order chi connectivity index (χ1) is 13.2. The highest BCUT2D eigenvalue weighted by atomic mass is 19.4. The molecule has 1 N–H and O–H groups in total. The van der Waals surface area contributed by atoms with Gasteiger partial charge in [-0.1, -0.05) is 12.1 Å². The van der Waals surface area contributed by atoms with Crippen molar-refractivity contribution < 1.29 is 17.9 Å². The summed E-state index contributed by atoms with van der Waals surface area (Å²) in [5.74, 6) is 2.10. The summed E-state index contributed by atoms with van der Waals surface area (Å²) >= 11 is 0. The average molecular weight is 398 g/mol. The van der Waals surface area contributed by atoms with E-state index in [1.807, 2.05) is 30.5 Å². The quantitative estimate of drug-likeness (QED) is 0.441. The number of hydrogen-bond acceptors (Lipinski definition) is 4. The fourth-order valence-corrected chi connectivity index (χ4v) is 2.46. The van der Waals surface area contributed by atoms with E-state index in [0.717, 1.165) is 23.5 Å². The highest BCUT2D eigenvalue weighted by Gasteiger charge is 2.29. The Morgan fingerprint density at radius 1 is 1.25 bits per heavy atom. The van der Waals surface area contributed by atoms with E-state index in [9.17, 15) is 13.2 Å². The zero-order valence-electron chi connectivity index (χ0n) is 16.4. The second-order valence-corrected chi connectivity index (χ2v) is 6.33. The largest absolute Gasteiger partial charge is 0.416 e. The van der Waals surface area contributed by atoms with E-state index in [0.29, 0.717) is 38.0 Å². The van der Waals surface area contributed by atoms with E-state index >= 15 is 0 Å². The van der Waals surface area contributed by atoms with Gasteiger partial charge in [-0.2, -0.15) is 13.2 Å². The molecule has 1 heterocycles. The lowest BCUT2D eigenvalue weighted by molar-refractivity contribution is -0.137. The van der Waals surface area contributed by atoms with Gasteiger partial charge in [0.25, 0.3) is 0 Å². The van der Waals surface area contributed by atoms with E-state index < -0.39 is 11.7 Å². The van der Waals surface area contributed by atoms with Gasteiger partial charge >= 0.3 is 6.18 Å². The van der Waals surface area contributed by atoms with Gasteiger partial charge in [0.2, 0.25) is 0 Å². The van der Waals surface area contributed by atoms with Crippen molar-refractivity contribution in [3.63, 3.8) is 0 Å². The molecule has 1 aromatic heterocycles. The van der Waals surface area contributed by atoms with Crippen LogP contribution in [0.5, 0.6) is 0 Å². The van der Waals surface area contributed by atoms with Crippen molar-refractivity contribution >= 4 is 5.96 Å². The smallest absolute Gasteiger partial charge is 0.383 e. The summed E-state index contributed by atoms with van der Waals surface area (Å²) in [6.45, 7) is 3.62. The van der Waals surface area contributed by atoms with E-state index in [-0.39, 0.29) is 0 Å². The number of nitrogens with zero attached hydrogens (tertiary/aromatic N) is 5. The van der Waals surface area contributed by atoms with Crippen LogP contribution in [0.1, 0.15) is 22.8 Å². The Bertz CT molecular complexity index is 786. The number of aliphatic imine (C=N–C) groups is 1. The SMILES string of the molecule is COCCNC(=NCc1nnc(C)n1C)N(C)Cc1ccc(C(F)(F)F)cc1. The number of methoxy groups -OCH3 is 1. The predicted octanol–water partition coefficient (Wildman–Crippen LogP) is 2.37. The van der Waals surface area contributed by atoms with Crippen LogP contribution in [-0.4, -0.2) is 52.9 Å². The molecule has 0 atom stereocenters. The first kappa shape index (κ1) is 21.7. The van der Waals surface area contributed by atoms with Crippen LogP contribution in [0.2, 0.25) is 0 Å². The van der Waals surface area contributed by atoms with Gasteiger partial charge in [-0.25, -0.2) is 4.99 Å². The number of halogens is 3. The van der Waals surface area contributed by atoms with Crippen LogP contribution in [0.4, 0.5) is 13.2 Å². The van der Waals surface area contributed by atoms with Crippen LogP contribution < -0.4 is 5.32 Å². The zero-order chi connectivity index (χ0) is 20.7. The third kappa shape index (κ3) is 5.95. The summed E-state index contributed by atoms with van der Waals surface area (Å²) in [7, 11) is 5.29. The molecule has 0 aliphatic rings. The van der Waals surface area contributed by atoms with Crippen LogP contribution in [0.15, 0.2) is 29.3 Å². The fraction of sp³-hybridized carbons (Fsp3) is 0.500. The molecule has 0 saturated heterocycles. The Balaban J connectivity index is 2.10. The molecule has 0 amide bonds. The van der Waals surface area contributed by atoms with Crippen LogP contribution >= 0.6 is 0 Å². The molecular formula is C18H25F3N6O. The molecule has 7 nitrogen and oxygen atoms in total. The Hall–Kier alpha value is -2.62. The first-order valence-corrected chi connectivity index (χ1v) is 8.71. The summed E-state index contributed by atoms with van der Waals surface area (Å²) in [6.07, 6.45) is -4.34. The number of guanidine groups is 1. The third-order valence-corrected chi connectivity index (χ3v) is 4.20. The van der Waals surface area contributed by atoms with Crippen molar-refractivity contribution in [2.75, 3.05) is 27.3 Å². The molecule has 2 aromatic rings. The molecule has 0 aliphatic heterocycles. The lowest BCUT2D eigenvalue weighted by Gasteiger charge is -2.23. The molecule has 0 spiro atoms. The number of ether oxygens (including phenoxy) is 1. The van der Waals surface area contributed by atoms with E-state index in [1.54, 1.807) is 7.11 Å². The molecule has 0 radical (unpaired) electrons. The number of aryl methyl sites for hydroxylation is 1. The van der Waals surface area contributed by atoms with Gasteiger partial charge in [0.15, 0.2) is 11.8 Å². The van der Waals surface area contributed by atoms with Crippen LogP contribution in [0.3, 0.4) is 0 Å². The molecule has 1 aromatic carbocycles. The van der Waals surface area contributed by atoms with Crippen molar-refractivity contribution in [2.24, 2.45) is 12.0 Å². The normalized spacial score (nSPS) is 12.3. The van der Waals surface area contributed by atoms with Crippen molar-refractivity contribution in [3.05, 3.63) is 47.0 Å². The minimum absolute atomic E-state index is 0.323. The van der Waals surface area contributed by atoms with Gasteiger partial charge in [-0.15, -0.1) is 10.2 Å². The Morgan fingerprint density at radius 3 is 2.46 bits per heavy atom. The van der Waals surface area contributed by atoms with Crippen LogP contribution in [0, 0.1) is 6.92 Å². The van der Waals surface area contributed by atoms with Crippen LogP contribution in [0.25, 0.3) is 0 Å². The Labute approximate surface area is 162 Å². The van der Waals surface area contributed by atoms with Crippen molar-refractivity contribution in [2.45, 2.75) is 26.2 Å². The summed E-state index contributed by atoms with van der Waals surface area (Å²) in [5, 5.41) is 11.3. The molecule has 0 saturated carbocycles. The minimum atomic E-state index is -4.34. The Kier molecular flexibility index (Phi) is 7.38. The Morgan fingerprint density at radius 2 is 1.93 bits per heavy atom. The lowest BCUT2D eigenvalue weighted by Crippen LogP contribution is -2.40. The maximum atomic E-state index is 12.7. The third-order valence-electron chi connectivity index (χ3n) is 4.20. The van der Waals surface area contributed by atoms with Crippen molar-refractivity contribution in [3.8, 4) is 0 Å². The highest BCUT2D eigenvalue weighted by molar-refractivity contribution is 5.79. The molecule has 10 heteroatoms. The number of benzene rings is 1. The zero-order valence-corrected chi connectivity index (χ0v) is 16.4. The molecule has 28 heavy (non-hydrogen) atoms. The first-order valence-electron chi connectivity index (χ1n) is 8.71. The second kappa shape index (κ2) is 9.54. The maximum Gasteiger partial charge on any atom is 0.416 e. The average Bonchev–Trinajstić information content (AvgIpc) is 2.96. The second-order valence-electron chi connectivity index (χ2n) is 6.33. The minimum Gasteiger partial charge on any atom is -0.383 e. The predicted molar refractivity (Wildman–Crippen MR) is 99.7 cm³/mol. The van der Waals surface area contributed by atoms with Crippen molar-refractivity contribution in [1.82, 2.24) is 25.0 Å². The van der Waals surface area contributed by atoms with E-state index in [2.05, 4.69) is 20.5 Å². The van der Waals surface area contributed by atoms with Gasteiger partial charge in [-0.3, -0.25) is 0 Å². The van der Waals surface area contributed by atoms with Gasteiger partial charge in [0.05, 0.1) is 12.2 Å². The van der Waals surface area contributed by atoms with E-state index in [1.165, 1.54) is 12.1 Å². The molecule has 0 bridgehead atoms. The number of nitrogens with one attached hydrogen (secondary N) is 1. The number of hydrogen-bond donors (Lipinski definition) is 1. The molecule has 0 unspecified atom stereocenters. The number of rotatable bonds is 7. The summed E-state index contributed by atoms with van der Waals surface area (Å²) in [6, 6.07) is 5.11. The number of alkyl halides is 3. The summed E-state index contributed by atoms with van der Waals surface area (Å²) < 4.78 is 45.0. The lowest BCUT2D eigenvalue weighted by atomic mass is 10.1. The van der Waals surface area contributed by atoms with Crippen LogP contribution in [-0.2, 0) is 31.1 Å². The van der Waals surface area contributed by atoms with Gasteiger partial charge in [-0.05, 0) is 24.6 Å². The van der Waals surface area contributed by atoms with Crippen molar-refractivity contribution in [1.29, 1.82) is 0 Å². The molecule has 154 valence electrons. The molecule has 0 fully saturated rings. The van der Waals surface area contributed by atoms with Gasteiger partial charge in [0, 0.05) is 34.3 Å². The van der Waals surface area contributed by atoms with Gasteiger partial charge in [0.1, 0.15) is 12.4 Å². The topological polar surface area (TPSA) is 67.6 Å². The standard InChI is InChI=1S/C18H25F3N6O/c1-13-24-25-16(27(13)3)11-23-17(22-9-10-28-4)26(2)12-14-5-7-15(8-6-14)18(19,20)21/h5-8H,9-12H2,1-4H3,(H,22,23). The summed E-state index contributed by atoms with van der Waals surface area (Å²) in [5.41, 5.74) is 0.0786. The maximum absolute atomic E-state index is 12.7. The van der Waals surface area contributed by atoms with Gasteiger partial charge < -0.3 is 19.5 Å². The molecule has 2 rings (SSSR count). The monoisotopic (exact) mass is 398 g/mol. The fourth-order valence-electron chi connectivity index (χ4n) is 2.46. The summed E-state index contributed by atoms with van der Waals surface area (Å²) in [4.78, 5) is 6.40. The van der Waals surface area contributed by atoms with E-state index in [4.69, 9.17) is 4.74 Å². The molecular weight excluding hydrogens is 373 g/mol. The molecule has 0 aliphatic carbocycles. The number of aromatic nitrogens is 3. The highest BCUT2D eigenvalue weighted by Crippen LogP contribution is 2.29.